The molecule has 1 unspecified atom stereocenters. The van der Waals surface area contributed by atoms with E-state index in [-0.39, 0.29) is 6.10 Å². The zero-order valence-corrected chi connectivity index (χ0v) is 21.2. The van der Waals surface area contributed by atoms with Gasteiger partial charge in [0.2, 0.25) is 0 Å². The Morgan fingerprint density at radius 2 is 1.34 bits per heavy atom. The number of hydrogen-bond acceptors (Lipinski definition) is 2. The van der Waals surface area contributed by atoms with Gasteiger partial charge in [0.05, 0.1) is 0 Å². The minimum Gasteiger partial charge on any atom is -0.482 e. The van der Waals surface area contributed by atoms with Crippen molar-refractivity contribution >= 4 is 23.1 Å². The number of nitrogens with zero attached hydrogens (tertiary/aromatic N) is 1. The number of aryl methyl sites for hydroxylation is 2. The lowest BCUT2D eigenvalue weighted by Crippen LogP contribution is -2.11. The maximum absolute atomic E-state index is 6.40. The van der Waals surface area contributed by atoms with E-state index in [1.54, 1.807) is 0 Å². The van der Waals surface area contributed by atoms with Crippen molar-refractivity contribution in [3.05, 3.63) is 131 Å². The maximum Gasteiger partial charge on any atom is 0.136 e. The highest BCUT2D eigenvalue weighted by Crippen LogP contribution is 2.31. The number of allylic oxidation sites excluding steroid dienone is 4. The van der Waals surface area contributed by atoms with Gasteiger partial charge < -0.3 is 9.64 Å². The van der Waals surface area contributed by atoms with Gasteiger partial charge in [0.25, 0.3) is 0 Å². The second-order valence-corrected chi connectivity index (χ2v) is 9.04. The molecule has 0 spiro atoms. The molecule has 178 valence electrons. The van der Waals surface area contributed by atoms with Crippen LogP contribution in [0, 0.1) is 0 Å². The number of benzene rings is 3. The van der Waals surface area contributed by atoms with E-state index in [2.05, 4.69) is 142 Å². The lowest BCUT2D eigenvalue weighted by molar-refractivity contribution is 0.253. The van der Waals surface area contributed by atoms with Gasteiger partial charge in [0, 0.05) is 25.3 Å². The Balaban J connectivity index is 1.56. The summed E-state index contributed by atoms with van der Waals surface area (Å²) in [6.45, 7) is 4.36. The van der Waals surface area contributed by atoms with Crippen molar-refractivity contribution in [1.82, 2.24) is 0 Å². The molecule has 35 heavy (non-hydrogen) atoms. The molecule has 0 bridgehead atoms. The lowest BCUT2D eigenvalue weighted by Gasteiger charge is -2.22. The summed E-state index contributed by atoms with van der Waals surface area (Å²) in [6, 6.07) is 26.1. The minimum absolute atomic E-state index is 0.137. The Bertz CT molecular complexity index is 1220. The molecular weight excluding hydrogens is 426 g/mol. The molecule has 0 N–H and O–H groups in total. The average molecular weight is 462 g/mol. The third-order valence-corrected chi connectivity index (χ3v) is 6.35. The smallest absolute Gasteiger partial charge is 0.136 e. The second kappa shape index (κ2) is 11.6. The summed E-state index contributed by atoms with van der Waals surface area (Å²) in [6.07, 6.45) is 14.7. The van der Waals surface area contributed by atoms with E-state index >= 15 is 0 Å². The van der Waals surface area contributed by atoms with Gasteiger partial charge in [-0.15, -0.1) is 0 Å². The molecule has 3 aromatic carbocycles. The standard InChI is InChI=1S/C33H35NO/c1-5-25-11-17-28(18-12-25)30-23-32(35-33(24-30)29-19-13-26(6-2)14-20-29)10-8-7-9-27-15-21-31(22-16-27)34(3)4/h7-24,32H,5-6H2,1-4H3/b9-7+,10-8+. The molecule has 0 aromatic heterocycles. The zero-order chi connectivity index (χ0) is 24.6. The number of anilines is 1. The Labute approximate surface area is 210 Å². The summed E-state index contributed by atoms with van der Waals surface area (Å²) in [5.41, 5.74) is 8.55. The van der Waals surface area contributed by atoms with Crippen molar-refractivity contribution in [2.24, 2.45) is 0 Å². The molecule has 0 saturated carbocycles. The Kier molecular flexibility index (Phi) is 8.05. The number of ether oxygens (including phenoxy) is 1. The predicted octanol–water partition coefficient (Wildman–Crippen LogP) is 7.97. The van der Waals surface area contributed by atoms with E-state index in [1.807, 2.05) is 0 Å². The van der Waals surface area contributed by atoms with E-state index in [4.69, 9.17) is 4.74 Å². The van der Waals surface area contributed by atoms with E-state index in [9.17, 15) is 0 Å². The van der Waals surface area contributed by atoms with Gasteiger partial charge in [-0.2, -0.15) is 0 Å². The van der Waals surface area contributed by atoms with Crippen LogP contribution < -0.4 is 4.90 Å². The van der Waals surface area contributed by atoms with Crippen LogP contribution in [-0.4, -0.2) is 20.2 Å². The van der Waals surface area contributed by atoms with Crippen LogP contribution in [0.25, 0.3) is 17.4 Å². The first-order valence-electron chi connectivity index (χ1n) is 12.5. The molecule has 0 saturated heterocycles. The zero-order valence-electron chi connectivity index (χ0n) is 21.2. The van der Waals surface area contributed by atoms with Crippen molar-refractivity contribution in [1.29, 1.82) is 0 Å². The highest BCUT2D eigenvalue weighted by atomic mass is 16.5. The van der Waals surface area contributed by atoms with Crippen molar-refractivity contribution in [3.8, 4) is 0 Å². The van der Waals surface area contributed by atoms with Crippen LogP contribution in [0.1, 0.15) is 41.7 Å². The molecule has 2 nitrogen and oxygen atoms in total. The summed E-state index contributed by atoms with van der Waals surface area (Å²) in [7, 11) is 4.11. The molecule has 1 heterocycles. The van der Waals surface area contributed by atoms with E-state index in [0.29, 0.717) is 0 Å². The molecule has 1 aliphatic heterocycles. The first-order chi connectivity index (χ1) is 17.1. The Morgan fingerprint density at radius 1 is 0.743 bits per heavy atom. The molecule has 4 rings (SSSR count). The SMILES string of the molecule is CCc1ccc(C2=CC(/C=C/C=C/c3ccc(N(C)C)cc3)OC(c3ccc(CC)cc3)=C2)cc1. The maximum atomic E-state index is 6.40. The molecule has 0 radical (unpaired) electrons. The minimum atomic E-state index is -0.137. The van der Waals surface area contributed by atoms with Gasteiger partial charge in [-0.25, -0.2) is 0 Å². The summed E-state index contributed by atoms with van der Waals surface area (Å²) < 4.78 is 6.40. The third-order valence-electron chi connectivity index (χ3n) is 6.35. The number of hydrogen-bond donors (Lipinski definition) is 0. The van der Waals surface area contributed by atoms with Gasteiger partial charge in [0.15, 0.2) is 0 Å². The van der Waals surface area contributed by atoms with Crippen LogP contribution in [-0.2, 0) is 17.6 Å². The summed E-state index contributed by atoms with van der Waals surface area (Å²) >= 11 is 0. The summed E-state index contributed by atoms with van der Waals surface area (Å²) in [4.78, 5) is 2.11. The van der Waals surface area contributed by atoms with Gasteiger partial charge in [-0.3, -0.25) is 0 Å². The van der Waals surface area contributed by atoms with Gasteiger partial charge in [0.1, 0.15) is 11.9 Å². The normalized spacial score (nSPS) is 15.7. The largest absolute Gasteiger partial charge is 0.482 e. The van der Waals surface area contributed by atoms with Gasteiger partial charge in [-0.05, 0) is 71.0 Å². The Morgan fingerprint density at radius 3 is 1.91 bits per heavy atom. The molecule has 0 fully saturated rings. The van der Waals surface area contributed by atoms with Crippen molar-refractivity contribution in [3.63, 3.8) is 0 Å². The first-order valence-corrected chi connectivity index (χ1v) is 12.5. The average Bonchev–Trinajstić information content (AvgIpc) is 2.91. The van der Waals surface area contributed by atoms with Gasteiger partial charge in [-0.1, -0.05) is 92.7 Å². The van der Waals surface area contributed by atoms with Crippen molar-refractivity contribution in [2.45, 2.75) is 32.8 Å². The van der Waals surface area contributed by atoms with Crippen molar-refractivity contribution in [2.75, 3.05) is 19.0 Å². The monoisotopic (exact) mass is 461 g/mol. The molecule has 3 aromatic rings. The fourth-order valence-electron chi connectivity index (χ4n) is 4.07. The molecular formula is C33H35NO. The fraction of sp³-hybridized carbons (Fsp3) is 0.212. The quantitative estimate of drug-likeness (QED) is 0.315. The van der Waals surface area contributed by atoms with E-state index in [1.165, 1.54) is 33.5 Å². The van der Waals surface area contributed by atoms with Crippen LogP contribution in [0.15, 0.2) is 103 Å². The summed E-state index contributed by atoms with van der Waals surface area (Å²) in [5.74, 6) is 0.905. The van der Waals surface area contributed by atoms with Crippen LogP contribution in [0.5, 0.6) is 0 Å². The predicted molar refractivity (Wildman–Crippen MR) is 151 cm³/mol. The van der Waals surface area contributed by atoms with Gasteiger partial charge >= 0.3 is 0 Å². The van der Waals surface area contributed by atoms with Crippen LogP contribution in [0.2, 0.25) is 0 Å². The first kappa shape index (κ1) is 24.3. The summed E-state index contributed by atoms with van der Waals surface area (Å²) in [5, 5.41) is 0. The van der Waals surface area contributed by atoms with E-state index < -0.39 is 0 Å². The third kappa shape index (κ3) is 6.42. The van der Waals surface area contributed by atoms with Crippen LogP contribution in [0.4, 0.5) is 5.69 Å². The van der Waals surface area contributed by atoms with Crippen LogP contribution in [0.3, 0.4) is 0 Å². The van der Waals surface area contributed by atoms with Crippen molar-refractivity contribution < 1.29 is 4.74 Å². The fourth-order valence-corrected chi connectivity index (χ4v) is 4.07. The molecule has 0 aliphatic carbocycles. The molecule has 2 heteroatoms. The molecule has 1 atom stereocenters. The molecule has 1 aliphatic rings. The highest BCUT2D eigenvalue weighted by Gasteiger charge is 2.16. The highest BCUT2D eigenvalue weighted by molar-refractivity contribution is 5.84. The lowest BCUT2D eigenvalue weighted by atomic mass is 9.97. The van der Waals surface area contributed by atoms with E-state index in [0.717, 1.165) is 24.2 Å². The Hall–Kier alpha value is -3.78. The second-order valence-electron chi connectivity index (χ2n) is 9.04. The number of rotatable bonds is 8. The molecule has 0 amide bonds. The topological polar surface area (TPSA) is 12.5 Å². The van der Waals surface area contributed by atoms with Crippen LogP contribution >= 0.6 is 0 Å².